The van der Waals surface area contributed by atoms with E-state index in [1.54, 1.807) is 31.5 Å². The maximum Gasteiger partial charge on any atom is 0.316 e. The monoisotopic (exact) mass is 287 g/mol. The van der Waals surface area contributed by atoms with Crippen LogP contribution in [0, 0.1) is 5.82 Å². The van der Waals surface area contributed by atoms with E-state index in [-0.39, 0.29) is 11.8 Å². The van der Waals surface area contributed by atoms with Gasteiger partial charge in [0, 0.05) is 12.4 Å². The van der Waals surface area contributed by atoms with Gasteiger partial charge in [0.25, 0.3) is 0 Å². The third kappa shape index (κ3) is 3.45. The van der Waals surface area contributed by atoms with E-state index in [1.807, 2.05) is 19.1 Å². The molecular formula is C17H18FNO2. The van der Waals surface area contributed by atoms with Crippen LogP contribution in [0.25, 0.3) is 0 Å². The van der Waals surface area contributed by atoms with E-state index in [4.69, 9.17) is 4.74 Å². The number of ether oxygens (including phenoxy) is 1. The summed E-state index contributed by atoms with van der Waals surface area (Å²) in [6.45, 7) is 3.90. The molecule has 1 aromatic carbocycles. The number of carbonyl (C=O) groups excluding carboxylic acids is 1. The molecule has 0 N–H and O–H groups in total. The van der Waals surface area contributed by atoms with Crippen molar-refractivity contribution < 1.29 is 13.9 Å². The molecule has 21 heavy (non-hydrogen) atoms. The first-order valence-electron chi connectivity index (χ1n) is 6.88. The number of halogens is 1. The summed E-state index contributed by atoms with van der Waals surface area (Å²) in [4.78, 5) is 16.4. The number of aromatic nitrogens is 1. The average Bonchev–Trinajstić information content (AvgIpc) is 2.49. The van der Waals surface area contributed by atoms with Crippen molar-refractivity contribution in [1.82, 2.24) is 4.98 Å². The lowest BCUT2D eigenvalue weighted by Gasteiger charge is -2.28. The largest absolute Gasteiger partial charge is 0.465 e. The molecule has 3 nitrogen and oxygen atoms in total. The first-order chi connectivity index (χ1) is 10.1. The van der Waals surface area contributed by atoms with Gasteiger partial charge in [0.1, 0.15) is 5.82 Å². The highest BCUT2D eigenvalue weighted by Gasteiger charge is 2.37. The molecule has 1 aromatic heterocycles. The van der Waals surface area contributed by atoms with Gasteiger partial charge in [0.2, 0.25) is 0 Å². The second kappa shape index (κ2) is 6.48. The van der Waals surface area contributed by atoms with Crippen molar-refractivity contribution in [2.24, 2.45) is 0 Å². The summed E-state index contributed by atoms with van der Waals surface area (Å²) in [7, 11) is 0. The molecule has 1 unspecified atom stereocenters. The number of esters is 1. The van der Waals surface area contributed by atoms with Gasteiger partial charge < -0.3 is 4.74 Å². The van der Waals surface area contributed by atoms with Gasteiger partial charge in [-0.3, -0.25) is 9.78 Å². The van der Waals surface area contributed by atoms with Crippen molar-refractivity contribution in [3.8, 4) is 0 Å². The van der Waals surface area contributed by atoms with Gasteiger partial charge in [-0.05, 0) is 55.7 Å². The van der Waals surface area contributed by atoms with E-state index in [1.165, 1.54) is 12.1 Å². The van der Waals surface area contributed by atoms with Crippen molar-refractivity contribution >= 4 is 5.97 Å². The third-order valence-electron chi connectivity index (χ3n) is 3.51. The number of hydrogen-bond donors (Lipinski definition) is 0. The van der Waals surface area contributed by atoms with Crippen LogP contribution in [0.4, 0.5) is 4.39 Å². The third-order valence-corrected chi connectivity index (χ3v) is 3.51. The van der Waals surface area contributed by atoms with E-state index in [0.29, 0.717) is 13.0 Å². The van der Waals surface area contributed by atoms with Gasteiger partial charge in [-0.1, -0.05) is 12.1 Å². The molecule has 0 aliphatic heterocycles. The summed E-state index contributed by atoms with van der Waals surface area (Å²) in [5, 5.41) is 0. The van der Waals surface area contributed by atoms with Crippen molar-refractivity contribution in [3.63, 3.8) is 0 Å². The number of hydrogen-bond acceptors (Lipinski definition) is 3. The predicted octanol–water partition coefficient (Wildman–Crippen LogP) is 3.28. The minimum Gasteiger partial charge on any atom is -0.465 e. The number of carbonyl (C=O) groups is 1. The fraction of sp³-hybridized carbons (Fsp3) is 0.294. The molecule has 0 bridgehead atoms. The summed E-state index contributed by atoms with van der Waals surface area (Å²) in [6, 6.07) is 9.71. The molecule has 110 valence electrons. The molecule has 0 saturated carbocycles. The smallest absolute Gasteiger partial charge is 0.316 e. The maximum atomic E-state index is 13.1. The average molecular weight is 287 g/mol. The zero-order valence-corrected chi connectivity index (χ0v) is 12.2. The topological polar surface area (TPSA) is 39.2 Å². The van der Waals surface area contributed by atoms with Crippen LogP contribution >= 0.6 is 0 Å². The van der Waals surface area contributed by atoms with Gasteiger partial charge >= 0.3 is 5.97 Å². The van der Waals surface area contributed by atoms with Gasteiger partial charge in [-0.2, -0.15) is 0 Å². The van der Waals surface area contributed by atoms with Crippen LogP contribution in [0.2, 0.25) is 0 Å². The lowest BCUT2D eigenvalue weighted by molar-refractivity contribution is -0.149. The van der Waals surface area contributed by atoms with Crippen molar-refractivity contribution in [2.75, 3.05) is 6.61 Å². The predicted molar refractivity (Wildman–Crippen MR) is 78.3 cm³/mol. The van der Waals surface area contributed by atoms with Gasteiger partial charge in [-0.25, -0.2) is 4.39 Å². The fourth-order valence-electron chi connectivity index (χ4n) is 2.31. The second-order valence-corrected chi connectivity index (χ2v) is 5.09. The summed E-state index contributed by atoms with van der Waals surface area (Å²) in [6.07, 6.45) is 3.84. The SMILES string of the molecule is CCOC(=O)C(C)(Cc1ccncc1)c1ccc(F)cc1. The Kier molecular flexibility index (Phi) is 4.68. The Morgan fingerprint density at radius 2 is 1.81 bits per heavy atom. The molecule has 2 aromatic rings. The van der Waals surface area contributed by atoms with E-state index >= 15 is 0 Å². The summed E-state index contributed by atoms with van der Waals surface area (Å²) < 4.78 is 18.3. The van der Waals surface area contributed by atoms with E-state index in [2.05, 4.69) is 4.98 Å². The lowest BCUT2D eigenvalue weighted by Crippen LogP contribution is -2.36. The van der Waals surface area contributed by atoms with E-state index in [0.717, 1.165) is 11.1 Å². The highest BCUT2D eigenvalue weighted by molar-refractivity contribution is 5.83. The Balaban J connectivity index is 2.38. The molecule has 0 fully saturated rings. The van der Waals surface area contributed by atoms with Crippen molar-refractivity contribution in [3.05, 3.63) is 65.7 Å². The van der Waals surface area contributed by atoms with Crippen LogP contribution in [-0.4, -0.2) is 17.6 Å². The first-order valence-corrected chi connectivity index (χ1v) is 6.88. The highest BCUT2D eigenvalue weighted by atomic mass is 19.1. The molecule has 4 heteroatoms. The van der Waals surface area contributed by atoms with Crippen LogP contribution in [0.15, 0.2) is 48.8 Å². The van der Waals surface area contributed by atoms with E-state index < -0.39 is 5.41 Å². The zero-order valence-electron chi connectivity index (χ0n) is 12.2. The summed E-state index contributed by atoms with van der Waals surface area (Å²) >= 11 is 0. The standard InChI is InChI=1S/C17H18FNO2/c1-3-21-16(20)17(2,12-13-8-10-19-11-9-13)14-4-6-15(18)7-5-14/h4-11H,3,12H2,1-2H3. The Morgan fingerprint density at radius 3 is 2.38 bits per heavy atom. The van der Waals surface area contributed by atoms with Gasteiger partial charge in [-0.15, -0.1) is 0 Å². The number of benzene rings is 1. The Morgan fingerprint density at radius 1 is 1.19 bits per heavy atom. The Bertz CT molecular complexity index is 598. The molecule has 0 amide bonds. The molecule has 0 spiro atoms. The van der Waals surface area contributed by atoms with E-state index in [9.17, 15) is 9.18 Å². The molecule has 0 saturated heterocycles. The zero-order chi connectivity index (χ0) is 15.3. The fourth-order valence-corrected chi connectivity index (χ4v) is 2.31. The molecule has 2 rings (SSSR count). The van der Waals surface area contributed by atoms with Crippen LogP contribution in [0.5, 0.6) is 0 Å². The quantitative estimate of drug-likeness (QED) is 0.792. The number of pyridine rings is 1. The molecule has 0 aliphatic rings. The Labute approximate surface area is 123 Å². The van der Waals surface area contributed by atoms with Gasteiger partial charge in [0.15, 0.2) is 0 Å². The molecular weight excluding hydrogens is 269 g/mol. The van der Waals surface area contributed by atoms with Crippen LogP contribution in [0.1, 0.15) is 25.0 Å². The number of nitrogens with zero attached hydrogens (tertiary/aromatic N) is 1. The second-order valence-electron chi connectivity index (χ2n) is 5.09. The summed E-state index contributed by atoms with van der Waals surface area (Å²) in [5.41, 5.74) is 0.856. The van der Waals surface area contributed by atoms with Crippen molar-refractivity contribution in [2.45, 2.75) is 25.7 Å². The normalized spacial score (nSPS) is 13.5. The maximum absolute atomic E-state index is 13.1. The number of rotatable bonds is 5. The molecule has 1 atom stereocenters. The van der Waals surface area contributed by atoms with Gasteiger partial charge in [0.05, 0.1) is 12.0 Å². The minimum absolute atomic E-state index is 0.311. The van der Waals surface area contributed by atoms with Crippen LogP contribution in [0.3, 0.4) is 0 Å². The Hall–Kier alpha value is -2.23. The molecule has 0 aliphatic carbocycles. The highest BCUT2D eigenvalue weighted by Crippen LogP contribution is 2.30. The minimum atomic E-state index is -0.856. The molecule has 1 heterocycles. The molecule has 0 radical (unpaired) electrons. The first kappa shape index (κ1) is 15.2. The lowest BCUT2D eigenvalue weighted by atomic mass is 9.77. The van der Waals surface area contributed by atoms with Crippen LogP contribution < -0.4 is 0 Å². The summed E-state index contributed by atoms with van der Waals surface area (Å²) in [5.74, 6) is -0.637. The van der Waals surface area contributed by atoms with Crippen molar-refractivity contribution in [1.29, 1.82) is 0 Å². The van der Waals surface area contributed by atoms with Crippen LogP contribution in [-0.2, 0) is 21.4 Å².